The van der Waals surface area contributed by atoms with Gasteiger partial charge in [0.2, 0.25) is 10.0 Å². The standard InChI is InChI=1S/C24H23ClN6O5S/c25-18-5-1-4-17(16-18)23(32)36-24-27-28-29-31(24)11-10-26-37(33,34)22-9-3-6-19-20(22)7-2-8-21(19)30-12-14-35-15-13-30/h1-9,16,26H,10-15H2. The molecule has 1 saturated heterocycles. The number of tetrazole rings is 1. The Morgan fingerprint density at radius 3 is 2.62 bits per heavy atom. The topological polar surface area (TPSA) is 129 Å². The number of aromatic nitrogens is 4. The number of rotatable bonds is 8. The summed E-state index contributed by atoms with van der Waals surface area (Å²) in [6.07, 6.45) is 0. The van der Waals surface area contributed by atoms with Crippen molar-refractivity contribution in [2.45, 2.75) is 11.4 Å². The number of morpholine rings is 1. The molecule has 0 unspecified atom stereocenters. The molecule has 1 aliphatic heterocycles. The van der Waals surface area contributed by atoms with E-state index in [1.54, 1.807) is 36.4 Å². The number of halogens is 1. The number of ether oxygens (including phenoxy) is 2. The molecule has 3 aromatic carbocycles. The number of nitrogens with one attached hydrogen (secondary N) is 1. The third kappa shape index (κ3) is 5.57. The summed E-state index contributed by atoms with van der Waals surface area (Å²) < 4.78 is 41.0. The van der Waals surface area contributed by atoms with Gasteiger partial charge in [-0.05, 0) is 40.8 Å². The van der Waals surface area contributed by atoms with Crippen molar-refractivity contribution in [1.82, 2.24) is 24.9 Å². The van der Waals surface area contributed by atoms with E-state index < -0.39 is 16.0 Å². The first-order valence-electron chi connectivity index (χ1n) is 11.5. The summed E-state index contributed by atoms with van der Waals surface area (Å²) in [6, 6.07) is 17.0. The van der Waals surface area contributed by atoms with Crippen molar-refractivity contribution in [2.75, 3.05) is 37.7 Å². The molecule has 0 saturated carbocycles. The van der Waals surface area contributed by atoms with Crippen LogP contribution in [0.25, 0.3) is 10.8 Å². The maximum absolute atomic E-state index is 13.2. The predicted octanol–water partition coefficient (Wildman–Crippen LogP) is 2.51. The Hall–Kier alpha value is -3.58. The Morgan fingerprint density at radius 1 is 1.05 bits per heavy atom. The Kier molecular flexibility index (Phi) is 7.33. The first kappa shape index (κ1) is 25.1. The van der Waals surface area contributed by atoms with Crippen LogP contribution in [0.4, 0.5) is 5.69 Å². The van der Waals surface area contributed by atoms with Crippen LogP contribution in [0.2, 0.25) is 5.02 Å². The molecule has 1 aromatic heterocycles. The second kappa shape index (κ2) is 10.8. The van der Waals surface area contributed by atoms with Gasteiger partial charge in [0, 0.05) is 41.1 Å². The van der Waals surface area contributed by atoms with Crippen molar-refractivity contribution < 1.29 is 22.7 Å². The van der Waals surface area contributed by atoms with Crippen molar-refractivity contribution >= 4 is 44.1 Å². The summed E-state index contributed by atoms with van der Waals surface area (Å²) in [5, 5.41) is 12.9. The Morgan fingerprint density at radius 2 is 1.81 bits per heavy atom. The quantitative estimate of drug-likeness (QED) is 0.334. The van der Waals surface area contributed by atoms with Gasteiger partial charge in [0.1, 0.15) is 0 Å². The van der Waals surface area contributed by atoms with Crippen LogP contribution in [0.5, 0.6) is 6.01 Å². The van der Waals surface area contributed by atoms with Gasteiger partial charge in [-0.2, -0.15) is 4.68 Å². The average molecular weight is 543 g/mol. The van der Waals surface area contributed by atoms with E-state index in [0.717, 1.165) is 24.2 Å². The number of nitrogens with zero attached hydrogens (tertiary/aromatic N) is 5. The van der Waals surface area contributed by atoms with Gasteiger partial charge in [-0.15, -0.1) is 0 Å². The number of hydrogen-bond acceptors (Lipinski definition) is 9. The maximum Gasteiger partial charge on any atom is 0.346 e. The molecule has 0 atom stereocenters. The molecule has 2 heterocycles. The van der Waals surface area contributed by atoms with Crippen molar-refractivity contribution in [3.05, 3.63) is 71.2 Å². The molecule has 0 amide bonds. The van der Waals surface area contributed by atoms with E-state index in [-0.39, 0.29) is 29.6 Å². The summed E-state index contributed by atoms with van der Waals surface area (Å²) in [5.41, 5.74) is 1.20. The minimum Gasteiger partial charge on any atom is -0.386 e. The molecule has 37 heavy (non-hydrogen) atoms. The number of anilines is 1. The highest BCUT2D eigenvalue weighted by Crippen LogP contribution is 2.31. The fourth-order valence-corrected chi connectivity index (χ4v) is 5.54. The third-order valence-electron chi connectivity index (χ3n) is 5.86. The molecule has 5 rings (SSSR count). The Labute approximate surface area is 218 Å². The lowest BCUT2D eigenvalue weighted by atomic mass is 10.1. The minimum atomic E-state index is -3.87. The van der Waals surface area contributed by atoms with Gasteiger partial charge in [0.15, 0.2) is 0 Å². The van der Waals surface area contributed by atoms with Gasteiger partial charge in [0.05, 0.1) is 30.2 Å². The lowest BCUT2D eigenvalue weighted by molar-refractivity contribution is 0.0709. The van der Waals surface area contributed by atoms with E-state index in [2.05, 4.69) is 25.1 Å². The Bertz CT molecular complexity index is 1540. The summed E-state index contributed by atoms with van der Waals surface area (Å²) in [4.78, 5) is 14.8. The highest BCUT2D eigenvalue weighted by molar-refractivity contribution is 7.89. The van der Waals surface area contributed by atoms with Crippen LogP contribution in [-0.4, -0.2) is 67.4 Å². The number of sulfonamides is 1. The van der Waals surface area contributed by atoms with Crippen LogP contribution in [0.1, 0.15) is 10.4 Å². The molecule has 11 nitrogen and oxygen atoms in total. The van der Waals surface area contributed by atoms with Gasteiger partial charge in [-0.3, -0.25) is 0 Å². The van der Waals surface area contributed by atoms with Gasteiger partial charge in [-0.1, -0.05) is 47.0 Å². The normalized spacial score (nSPS) is 14.1. The highest BCUT2D eigenvalue weighted by atomic mass is 35.5. The molecule has 1 N–H and O–H groups in total. The van der Waals surface area contributed by atoms with E-state index in [0.29, 0.717) is 23.6 Å². The molecule has 0 bridgehead atoms. The Balaban J connectivity index is 1.29. The number of benzene rings is 3. The minimum absolute atomic E-state index is 0.0331. The fraction of sp³-hybridized carbons (Fsp3) is 0.250. The summed E-state index contributed by atoms with van der Waals surface area (Å²) in [7, 11) is -3.87. The molecule has 1 aliphatic rings. The zero-order valence-electron chi connectivity index (χ0n) is 19.6. The second-order valence-electron chi connectivity index (χ2n) is 8.21. The summed E-state index contributed by atoms with van der Waals surface area (Å²) in [6.45, 7) is 2.74. The molecule has 0 aliphatic carbocycles. The number of carbonyl (C=O) groups is 1. The SMILES string of the molecule is O=C(Oc1nnnn1CCNS(=O)(=O)c1cccc2c(N3CCOCC3)cccc12)c1cccc(Cl)c1. The number of hydrogen-bond donors (Lipinski definition) is 1. The molecule has 4 aromatic rings. The molecule has 1 fully saturated rings. The van der Waals surface area contributed by atoms with E-state index in [1.165, 1.54) is 10.7 Å². The van der Waals surface area contributed by atoms with E-state index in [9.17, 15) is 13.2 Å². The largest absolute Gasteiger partial charge is 0.386 e. The van der Waals surface area contributed by atoms with Gasteiger partial charge >= 0.3 is 12.0 Å². The van der Waals surface area contributed by atoms with Gasteiger partial charge < -0.3 is 14.4 Å². The van der Waals surface area contributed by atoms with Crippen LogP contribution in [-0.2, 0) is 21.3 Å². The van der Waals surface area contributed by atoms with Gasteiger partial charge in [0.25, 0.3) is 0 Å². The van der Waals surface area contributed by atoms with Crippen LogP contribution in [0.3, 0.4) is 0 Å². The van der Waals surface area contributed by atoms with E-state index >= 15 is 0 Å². The lowest BCUT2D eigenvalue weighted by Crippen LogP contribution is -2.36. The second-order valence-corrected chi connectivity index (χ2v) is 10.4. The summed E-state index contributed by atoms with van der Waals surface area (Å²) >= 11 is 5.92. The van der Waals surface area contributed by atoms with E-state index in [1.807, 2.05) is 18.2 Å². The van der Waals surface area contributed by atoms with Gasteiger partial charge in [-0.25, -0.2) is 17.9 Å². The van der Waals surface area contributed by atoms with E-state index in [4.69, 9.17) is 21.1 Å². The summed E-state index contributed by atoms with van der Waals surface area (Å²) in [5.74, 6) is -0.689. The first-order chi connectivity index (χ1) is 17.9. The van der Waals surface area contributed by atoms with Crippen molar-refractivity contribution in [2.24, 2.45) is 0 Å². The smallest absolute Gasteiger partial charge is 0.346 e. The van der Waals surface area contributed by atoms with Crippen LogP contribution in [0, 0.1) is 0 Å². The molecule has 192 valence electrons. The average Bonchev–Trinajstić information content (AvgIpc) is 3.35. The van der Waals surface area contributed by atoms with Crippen LogP contribution >= 0.6 is 11.6 Å². The number of fused-ring (bicyclic) bond motifs is 1. The van der Waals surface area contributed by atoms with Crippen molar-refractivity contribution in [3.63, 3.8) is 0 Å². The lowest BCUT2D eigenvalue weighted by Gasteiger charge is -2.30. The third-order valence-corrected chi connectivity index (χ3v) is 7.61. The van der Waals surface area contributed by atoms with Crippen LogP contribution in [0.15, 0.2) is 65.6 Å². The predicted molar refractivity (Wildman–Crippen MR) is 136 cm³/mol. The molecule has 0 radical (unpaired) electrons. The zero-order chi connectivity index (χ0) is 25.8. The molecular formula is C24H23ClN6O5S. The molecular weight excluding hydrogens is 520 g/mol. The van der Waals surface area contributed by atoms with Crippen molar-refractivity contribution in [3.8, 4) is 6.01 Å². The number of carbonyl (C=O) groups excluding carboxylic acids is 1. The van der Waals surface area contributed by atoms with Crippen LogP contribution < -0.4 is 14.4 Å². The molecule has 13 heteroatoms. The first-order valence-corrected chi connectivity index (χ1v) is 13.4. The monoisotopic (exact) mass is 542 g/mol. The van der Waals surface area contributed by atoms with Crippen molar-refractivity contribution in [1.29, 1.82) is 0 Å². The maximum atomic E-state index is 13.2. The number of esters is 1. The zero-order valence-corrected chi connectivity index (χ0v) is 21.2. The molecule has 0 spiro atoms. The highest BCUT2D eigenvalue weighted by Gasteiger charge is 2.21. The fourth-order valence-electron chi connectivity index (χ4n) is 4.11.